The van der Waals surface area contributed by atoms with E-state index in [9.17, 15) is 9.13 Å². The molecule has 0 radical (unpaired) electrons. The minimum atomic E-state index is -4.55. The molecule has 6 nitrogen and oxygen atoms in total. The molecule has 0 unspecified atom stereocenters. The average molecular weight is 184 g/mol. The Kier molecular flexibility index (Phi) is 5.47. The van der Waals surface area contributed by atoms with E-state index in [2.05, 4.69) is 0 Å². The molecule has 9 heteroatoms. The standard InChI is InChI=1S/CH6O6P2.Li.H/c2-8(3,4)1-9(5,6)7;;/h1H2,(H2,2,3,4)(H2,5,6,7);;. The van der Waals surface area contributed by atoms with E-state index in [-0.39, 0.29) is 18.9 Å². The summed E-state index contributed by atoms with van der Waals surface area (Å²) in [6.07, 6.45) is 0. The van der Waals surface area contributed by atoms with E-state index in [0.29, 0.717) is 0 Å². The minimum absolute atomic E-state index is 0. The van der Waals surface area contributed by atoms with Gasteiger partial charge in [0.15, 0.2) is 5.90 Å². The zero-order valence-electron chi connectivity index (χ0n) is 4.21. The van der Waals surface area contributed by atoms with Crippen molar-refractivity contribution in [3.8, 4) is 0 Å². The first-order chi connectivity index (χ1) is 3.71. The topological polar surface area (TPSA) is 115 Å². The number of rotatable bonds is 2. The summed E-state index contributed by atoms with van der Waals surface area (Å²) in [6.45, 7) is 0. The molecule has 0 aromatic heterocycles. The molecular weight excluding hydrogens is 177 g/mol. The molecule has 0 spiro atoms. The van der Waals surface area contributed by atoms with Gasteiger partial charge in [0.25, 0.3) is 0 Å². The van der Waals surface area contributed by atoms with Crippen LogP contribution in [0.25, 0.3) is 0 Å². The summed E-state index contributed by atoms with van der Waals surface area (Å²) >= 11 is 0. The van der Waals surface area contributed by atoms with E-state index in [1.165, 1.54) is 0 Å². The molecule has 4 N–H and O–H groups in total. The van der Waals surface area contributed by atoms with Gasteiger partial charge in [-0.3, -0.25) is 9.13 Å². The molecule has 10 heavy (non-hydrogen) atoms. The summed E-state index contributed by atoms with van der Waals surface area (Å²) in [6, 6.07) is 0. The van der Waals surface area contributed by atoms with Crippen LogP contribution in [0.3, 0.4) is 0 Å². The first kappa shape index (κ1) is 13.5. The number of hydrogen-bond donors (Lipinski definition) is 4. The third-order valence-corrected chi connectivity index (χ3v) is 3.32. The molecule has 0 saturated carbocycles. The van der Waals surface area contributed by atoms with Crippen LogP contribution in [-0.2, 0) is 9.13 Å². The molecular formula is CH7LiO6P2. The van der Waals surface area contributed by atoms with E-state index in [1.807, 2.05) is 0 Å². The van der Waals surface area contributed by atoms with Gasteiger partial charge in [0, 0.05) is 0 Å². The molecule has 0 atom stereocenters. The Hall–Kier alpha value is 0.897. The summed E-state index contributed by atoms with van der Waals surface area (Å²) in [5.41, 5.74) is 0. The summed E-state index contributed by atoms with van der Waals surface area (Å²) < 4.78 is 19.7. The zero-order chi connectivity index (χ0) is 7.71. The SMILES string of the molecule is O=P(O)(O)CP(=O)(O)O.[LiH]. The molecule has 0 aromatic rings. The van der Waals surface area contributed by atoms with E-state index >= 15 is 0 Å². The van der Waals surface area contributed by atoms with Gasteiger partial charge in [0.2, 0.25) is 0 Å². The van der Waals surface area contributed by atoms with Crippen LogP contribution in [0.2, 0.25) is 0 Å². The molecule has 0 aliphatic rings. The molecule has 0 saturated heterocycles. The maximum absolute atomic E-state index is 9.85. The van der Waals surface area contributed by atoms with Gasteiger partial charge in [-0.25, -0.2) is 0 Å². The molecule has 0 fully saturated rings. The van der Waals surface area contributed by atoms with Crippen LogP contribution in [0, 0.1) is 0 Å². The Morgan fingerprint density at radius 1 is 0.900 bits per heavy atom. The third kappa shape index (κ3) is 11.7. The van der Waals surface area contributed by atoms with Crippen molar-refractivity contribution in [3.63, 3.8) is 0 Å². The van der Waals surface area contributed by atoms with Crippen molar-refractivity contribution in [2.24, 2.45) is 0 Å². The second-order valence-electron chi connectivity index (χ2n) is 1.47. The van der Waals surface area contributed by atoms with Crippen LogP contribution in [0.4, 0.5) is 0 Å². The molecule has 0 aliphatic heterocycles. The number of hydrogen-bond acceptors (Lipinski definition) is 2. The third-order valence-electron chi connectivity index (χ3n) is 0.368. The summed E-state index contributed by atoms with van der Waals surface area (Å²) in [7, 11) is -9.10. The van der Waals surface area contributed by atoms with Gasteiger partial charge in [-0.1, -0.05) is 0 Å². The van der Waals surface area contributed by atoms with Crippen LogP contribution in [-0.4, -0.2) is 44.3 Å². The second kappa shape index (κ2) is 4.06. The van der Waals surface area contributed by atoms with Crippen LogP contribution in [0.1, 0.15) is 0 Å². The van der Waals surface area contributed by atoms with Crippen LogP contribution in [0.5, 0.6) is 0 Å². The molecule has 0 amide bonds. The van der Waals surface area contributed by atoms with Crippen LogP contribution >= 0.6 is 15.2 Å². The van der Waals surface area contributed by atoms with Crippen LogP contribution in [0.15, 0.2) is 0 Å². The van der Waals surface area contributed by atoms with Gasteiger partial charge in [0.1, 0.15) is 0 Å². The predicted molar refractivity (Wildman–Crippen MR) is 36.1 cm³/mol. The van der Waals surface area contributed by atoms with E-state index in [0.717, 1.165) is 0 Å². The van der Waals surface area contributed by atoms with Gasteiger partial charge in [-0.2, -0.15) is 0 Å². The first-order valence-corrected chi connectivity index (χ1v) is 5.39. The van der Waals surface area contributed by atoms with Gasteiger partial charge in [-0.05, 0) is 0 Å². The molecule has 58 valence electrons. The Morgan fingerprint density at radius 3 is 1.10 bits per heavy atom. The van der Waals surface area contributed by atoms with Crippen molar-refractivity contribution in [2.75, 3.05) is 5.90 Å². The Balaban J connectivity index is 0. The molecule has 0 aliphatic carbocycles. The van der Waals surface area contributed by atoms with Crippen molar-refractivity contribution >= 4 is 34.1 Å². The van der Waals surface area contributed by atoms with Crippen molar-refractivity contribution in [1.29, 1.82) is 0 Å². The van der Waals surface area contributed by atoms with Crippen molar-refractivity contribution < 1.29 is 28.7 Å². The van der Waals surface area contributed by atoms with Crippen molar-refractivity contribution in [1.82, 2.24) is 0 Å². The average Bonchev–Trinajstić information content (AvgIpc) is 1.14. The predicted octanol–water partition coefficient (Wildman–Crippen LogP) is -1.35. The second-order valence-corrected chi connectivity index (χ2v) is 5.26. The fraction of sp³-hybridized carbons (Fsp3) is 1.00. The van der Waals surface area contributed by atoms with E-state index in [4.69, 9.17) is 19.6 Å². The Morgan fingerprint density at radius 2 is 1.10 bits per heavy atom. The Labute approximate surface area is 69.1 Å². The first-order valence-electron chi connectivity index (χ1n) is 1.80. The van der Waals surface area contributed by atoms with Gasteiger partial charge in [-0.15, -0.1) is 0 Å². The van der Waals surface area contributed by atoms with Gasteiger partial charge < -0.3 is 19.6 Å². The molecule has 0 rings (SSSR count). The Bertz CT molecular complexity index is 156. The maximum atomic E-state index is 9.85. The summed E-state index contributed by atoms with van der Waals surface area (Å²) in [5.74, 6) is -1.38. The van der Waals surface area contributed by atoms with Crippen molar-refractivity contribution in [3.05, 3.63) is 0 Å². The fourth-order valence-electron chi connectivity index (χ4n) is 0.240. The van der Waals surface area contributed by atoms with E-state index < -0.39 is 21.1 Å². The quantitative estimate of drug-likeness (QED) is 0.311. The van der Waals surface area contributed by atoms with E-state index in [1.54, 1.807) is 0 Å². The molecule has 0 heterocycles. The summed E-state index contributed by atoms with van der Waals surface area (Å²) in [5, 5.41) is 0. The monoisotopic (exact) mass is 184 g/mol. The molecule has 0 aromatic carbocycles. The normalized spacial score (nSPS) is 12.4. The van der Waals surface area contributed by atoms with Crippen LogP contribution < -0.4 is 0 Å². The fourth-order valence-corrected chi connectivity index (χ4v) is 2.16. The molecule has 0 bridgehead atoms. The van der Waals surface area contributed by atoms with Gasteiger partial charge in [0.05, 0.1) is 0 Å². The van der Waals surface area contributed by atoms with Crippen molar-refractivity contribution in [2.45, 2.75) is 0 Å². The summed E-state index contributed by atoms with van der Waals surface area (Å²) in [4.78, 5) is 31.9. The zero-order valence-corrected chi connectivity index (χ0v) is 6.00. The van der Waals surface area contributed by atoms with Gasteiger partial charge >= 0.3 is 34.1 Å².